The van der Waals surface area contributed by atoms with Gasteiger partial charge in [0.15, 0.2) is 0 Å². The molecule has 2 aromatic rings. The van der Waals surface area contributed by atoms with E-state index in [0.29, 0.717) is 32.4 Å². The van der Waals surface area contributed by atoms with Crippen LogP contribution in [0.4, 0.5) is 0 Å². The number of likely N-dealkylation sites (N-methyl/N-ethyl adjacent to an activating group) is 2. The average Bonchev–Trinajstić information content (AvgIpc) is 2.85. The lowest BCUT2D eigenvalue weighted by Crippen LogP contribution is -2.57. The Kier molecular flexibility index (Phi) is 11.2. The smallest absolute Gasteiger partial charge is 0.243 e. The molecule has 9 nitrogen and oxygen atoms in total. The Bertz CT molecular complexity index is 952. The number of nitrogens with zero attached hydrogens (tertiary/aromatic N) is 1. The second kappa shape index (κ2) is 14.1. The second-order valence-electron chi connectivity index (χ2n) is 8.53. The molecule has 0 aliphatic rings. The molecule has 0 heterocycles. The Hall–Kier alpha value is -3.43. The summed E-state index contributed by atoms with van der Waals surface area (Å²) in [5, 5.41) is 15.5. The third kappa shape index (κ3) is 8.70. The number of benzene rings is 2. The van der Waals surface area contributed by atoms with E-state index in [4.69, 9.17) is 11.5 Å². The van der Waals surface area contributed by atoms with Crippen molar-refractivity contribution in [1.29, 1.82) is 0 Å². The number of aromatic hydroxyl groups is 1. The van der Waals surface area contributed by atoms with Crippen molar-refractivity contribution < 1.29 is 19.5 Å². The van der Waals surface area contributed by atoms with Gasteiger partial charge in [-0.25, -0.2) is 0 Å². The predicted molar refractivity (Wildman–Crippen MR) is 135 cm³/mol. The van der Waals surface area contributed by atoms with Gasteiger partial charge in [0, 0.05) is 13.5 Å². The molecule has 0 aliphatic carbocycles. The summed E-state index contributed by atoms with van der Waals surface area (Å²) in [6.07, 6.45) is 1.52. The molecule has 35 heavy (non-hydrogen) atoms. The molecular weight excluding hydrogens is 446 g/mol. The fraction of sp³-hybridized carbons (Fsp3) is 0.423. The summed E-state index contributed by atoms with van der Waals surface area (Å²) in [5.74, 6) is -1.20. The van der Waals surface area contributed by atoms with E-state index in [1.54, 1.807) is 31.3 Å². The summed E-state index contributed by atoms with van der Waals surface area (Å²) in [7, 11) is 1.58. The van der Waals surface area contributed by atoms with Crippen LogP contribution in [0.2, 0.25) is 0 Å². The molecule has 9 heteroatoms. The van der Waals surface area contributed by atoms with E-state index in [2.05, 4.69) is 10.6 Å². The molecule has 3 atom stereocenters. The number of carbonyl (C=O) groups is 3. The van der Waals surface area contributed by atoms with Crippen LogP contribution in [0, 0.1) is 0 Å². The lowest BCUT2D eigenvalue weighted by atomic mass is 10.0. The van der Waals surface area contributed by atoms with Crippen LogP contribution in [0.25, 0.3) is 0 Å². The topological polar surface area (TPSA) is 151 Å². The van der Waals surface area contributed by atoms with Crippen molar-refractivity contribution in [2.75, 3.05) is 20.1 Å². The lowest BCUT2D eigenvalue weighted by Gasteiger charge is -2.32. The van der Waals surface area contributed by atoms with Gasteiger partial charge in [-0.15, -0.1) is 0 Å². The molecule has 0 bridgehead atoms. The summed E-state index contributed by atoms with van der Waals surface area (Å²) in [4.78, 5) is 40.2. The molecule has 3 unspecified atom stereocenters. The molecule has 3 amide bonds. The van der Waals surface area contributed by atoms with Crippen molar-refractivity contribution in [2.24, 2.45) is 11.5 Å². The highest BCUT2D eigenvalue weighted by molar-refractivity contribution is 5.92. The van der Waals surface area contributed by atoms with E-state index >= 15 is 0 Å². The Morgan fingerprint density at radius 2 is 1.57 bits per heavy atom. The van der Waals surface area contributed by atoms with E-state index in [1.165, 1.54) is 4.90 Å². The maximum atomic E-state index is 13.4. The second-order valence-corrected chi connectivity index (χ2v) is 8.53. The van der Waals surface area contributed by atoms with Crippen LogP contribution in [0.3, 0.4) is 0 Å². The standard InChI is InChI=1S/C26H37N5O4/c1-3-29-22(17-19-11-13-20(32)14-12-19)26(35)31(2)23(10-7-15-27)25(34)30-21(24(28)33)16-18-8-5-4-6-9-18/h4-6,8-9,11-14,21-23,29,32H,3,7,10,15-17,27H2,1-2H3,(H2,28,33)(H,30,34). The summed E-state index contributed by atoms with van der Waals surface area (Å²) in [5.41, 5.74) is 13.0. The summed E-state index contributed by atoms with van der Waals surface area (Å²) in [6, 6.07) is 13.6. The first-order chi connectivity index (χ1) is 16.8. The maximum Gasteiger partial charge on any atom is 0.243 e. The van der Waals surface area contributed by atoms with Crippen LogP contribution in [0.5, 0.6) is 5.75 Å². The van der Waals surface area contributed by atoms with Crippen molar-refractivity contribution in [3.05, 3.63) is 65.7 Å². The largest absolute Gasteiger partial charge is 0.508 e. The van der Waals surface area contributed by atoms with Crippen LogP contribution >= 0.6 is 0 Å². The SMILES string of the molecule is CCNC(Cc1ccc(O)cc1)C(=O)N(C)C(CCCN)C(=O)NC(Cc1ccccc1)C(N)=O. The lowest BCUT2D eigenvalue weighted by molar-refractivity contribution is -0.141. The molecule has 0 spiro atoms. The summed E-state index contributed by atoms with van der Waals surface area (Å²) < 4.78 is 0. The van der Waals surface area contributed by atoms with Gasteiger partial charge in [0.25, 0.3) is 0 Å². The zero-order valence-corrected chi connectivity index (χ0v) is 20.4. The first-order valence-corrected chi connectivity index (χ1v) is 11.9. The average molecular weight is 484 g/mol. The maximum absolute atomic E-state index is 13.4. The molecule has 2 aromatic carbocycles. The minimum Gasteiger partial charge on any atom is -0.508 e. The molecule has 7 N–H and O–H groups in total. The summed E-state index contributed by atoms with van der Waals surface area (Å²) >= 11 is 0. The van der Waals surface area contributed by atoms with Crippen LogP contribution < -0.4 is 22.1 Å². The van der Waals surface area contributed by atoms with Crippen LogP contribution in [0.1, 0.15) is 30.9 Å². The quantitative estimate of drug-likeness (QED) is 0.267. The van der Waals surface area contributed by atoms with Gasteiger partial charge < -0.3 is 32.1 Å². The molecule has 0 radical (unpaired) electrons. The number of phenols is 1. The molecule has 0 saturated heterocycles. The molecule has 0 fully saturated rings. The Morgan fingerprint density at radius 1 is 0.971 bits per heavy atom. The number of nitrogens with one attached hydrogen (secondary N) is 2. The molecular formula is C26H37N5O4. The Balaban J connectivity index is 2.18. The van der Waals surface area contributed by atoms with Gasteiger partial charge in [-0.3, -0.25) is 14.4 Å². The van der Waals surface area contributed by atoms with Crippen molar-refractivity contribution in [3.63, 3.8) is 0 Å². The Labute approximate surface area is 206 Å². The molecule has 190 valence electrons. The van der Waals surface area contributed by atoms with Crippen molar-refractivity contribution in [1.82, 2.24) is 15.5 Å². The van der Waals surface area contributed by atoms with Crippen LogP contribution in [-0.2, 0) is 27.2 Å². The third-order valence-corrected chi connectivity index (χ3v) is 5.87. The van der Waals surface area contributed by atoms with E-state index in [1.807, 2.05) is 37.3 Å². The molecule has 0 aromatic heterocycles. The van der Waals surface area contributed by atoms with Crippen molar-refractivity contribution in [2.45, 2.75) is 50.7 Å². The van der Waals surface area contributed by atoms with Gasteiger partial charge in [0.05, 0.1) is 6.04 Å². The van der Waals surface area contributed by atoms with Gasteiger partial charge in [-0.2, -0.15) is 0 Å². The fourth-order valence-electron chi connectivity index (χ4n) is 3.91. The third-order valence-electron chi connectivity index (χ3n) is 5.87. The number of carbonyl (C=O) groups excluding carboxylic acids is 3. The van der Waals surface area contributed by atoms with E-state index in [9.17, 15) is 19.5 Å². The minimum atomic E-state index is -0.907. The number of rotatable bonds is 14. The monoisotopic (exact) mass is 483 g/mol. The number of hydrogen-bond donors (Lipinski definition) is 5. The van der Waals surface area contributed by atoms with Crippen molar-refractivity contribution >= 4 is 17.7 Å². The summed E-state index contributed by atoms with van der Waals surface area (Å²) in [6.45, 7) is 2.82. The predicted octanol–water partition coefficient (Wildman–Crippen LogP) is 0.692. The Morgan fingerprint density at radius 3 is 2.14 bits per heavy atom. The van der Waals surface area contributed by atoms with Crippen LogP contribution in [0.15, 0.2) is 54.6 Å². The fourth-order valence-corrected chi connectivity index (χ4v) is 3.91. The minimum absolute atomic E-state index is 0.148. The molecule has 0 saturated carbocycles. The van der Waals surface area contributed by atoms with Gasteiger partial charge in [-0.1, -0.05) is 49.4 Å². The normalized spacial score (nSPS) is 13.5. The number of amides is 3. The highest BCUT2D eigenvalue weighted by Gasteiger charge is 2.32. The molecule has 2 rings (SSSR count). The van der Waals surface area contributed by atoms with E-state index in [-0.39, 0.29) is 18.1 Å². The van der Waals surface area contributed by atoms with Gasteiger partial charge in [-0.05, 0) is 55.6 Å². The zero-order chi connectivity index (χ0) is 25.8. The number of nitrogens with two attached hydrogens (primary N) is 2. The number of hydrogen-bond acceptors (Lipinski definition) is 6. The number of primary amides is 1. The first-order valence-electron chi connectivity index (χ1n) is 11.9. The highest BCUT2D eigenvalue weighted by atomic mass is 16.3. The highest BCUT2D eigenvalue weighted by Crippen LogP contribution is 2.14. The van der Waals surface area contributed by atoms with Crippen LogP contribution in [-0.4, -0.2) is 66.0 Å². The first kappa shape index (κ1) is 27.8. The van der Waals surface area contributed by atoms with Gasteiger partial charge >= 0.3 is 0 Å². The number of phenolic OH excluding ortho intramolecular Hbond substituents is 1. The molecule has 0 aliphatic heterocycles. The zero-order valence-electron chi connectivity index (χ0n) is 20.4. The van der Waals surface area contributed by atoms with E-state index in [0.717, 1.165) is 11.1 Å². The van der Waals surface area contributed by atoms with Crippen molar-refractivity contribution in [3.8, 4) is 5.75 Å². The van der Waals surface area contributed by atoms with E-state index < -0.39 is 29.9 Å². The van der Waals surface area contributed by atoms with Gasteiger partial charge in [0.2, 0.25) is 17.7 Å². The van der Waals surface area contributed by atoms with Gasteiger partial charge in [0.1, 0.15) is 17.8 Å².